The number of nitrogens with zero attached hydrogens (tertiary/aromatic N) is 3. The Morgan fingerprint density at radius 1 is 1.12 bits per heavy atom. The van der Waals surface area contributed by atoms with E-state index in [0.29, 0.717) is 16.7 Å². The molecule has 25 heavy (non-hydrogen) atoms. The van der Waals surface area contributed by atoms with Crippen LogP contribution in [0.15, 0.2) is 51.1 Å². The fourth-order valence-electron chi connectivity index (χ4n) is 2.50. The van der Waals surface area contributed by atoms with Crippen molar-refractivity contribution in [3.05, 3.63) is 62.9 Å². The second-order valence-electron chi connectivity index (χ2n) is 5.31. The highest BCUT2D eigenvalue weighted by atomic mass is 16.3. The summed E-state index contributed by atoms with van der Waals surface area (Å²) in [5.41, 5.74) is 0.277. The first kappa shape index (κ1) is 14.7. The molecule has 0 fully saturated rings. The summed E-state index contributed by atoms with van der Waals surface area (Å²) in [4.78, 5) is 36.8. The van der Waals surface area contributed by atoms with E-state index in [9.17, 15) is 19.8 Å². The number of fused-ring (bicyclic) bond motifs is 2. The van der Waals surface area contributed by atoms with Gasteiger partial charge in [-0.3, -0.25) is 14.2 Å². The van der Waals surface area contributed by atoms with Crippen LogP contribution in [-0.2, 0) is 0 Å². The van der Waals surface area contributed by atoms with Crippen LogP contribution < -0.4 is 11.2 Å². The van der Waals surface area contributed by atoms with Crippen LogP contribution in [0.1, 0.15) is 5.56 Å². The molecule has 4 N–H and O–H groups in total. The molecule has 0 atom stereocenters. The van der Waals surface area contributed by atoms with Crippen LogP contribution >= 0.6 is 0 Å². The van der Waals surface area contributed by atoms with Gasteiger partial charge in [0.25, 0.3) is 5.56 Å². The van der Waals surface area contributed by atoms with E-state index in [2.05, 4.69) is 19.9 Å². The zero-order valence-corrected chi connectivity index (χ0v) is 12.6. The predicted molar refractivity (Wildman–Crippen MR) is 91.0 cm³/mol. The van der Waals surface area contributed by atoms with E-state index < -0.39 is 17.1 Å². The van der Waals surface area contributed by atoms with Crippen LogP contribution in [-0.4, -0.2) is 35.8 Å². The molecule has 3 aromatic heterocycles. The van der Waals surface area contributed by atoms with Gasteiger partial charge in [-0.25, -0.2) is 4.79 Å². The standard InChI is InChI=1S/C16H11N5O4/c22-12-6-10-9(18-16(25)19-10)5-11(12)17-7-8-14(23)20-13-3-1-2-4-21(13)15(8)24/h1-7,22-23H,(H2,18,19,25). The number of nitrogens with one attached hydrogen (secondary N) is 2. The molecule has 9 nitrogen and oxygen atoms in total. The van der Waals surface area contributed by atoms with Gasteiger partial charge in [-0.2, -0.15) is 4.98 Å². The van der Waals surface area contributed by atoms with E-state index in [1.165, 1.54) is 22.7 Å². The zero-order valence-electron chi connectivity index (χ0n) is 12.6. The first-order chi connectivity index (χ1) is 12.0. The smallest absolute Gasteiger partial charge is 0.323 e. The molecule has 4 aromatic rings. The Morgan fingerprint density at radius 3 is 2.68 bits per heavy atom. The molecule has 0 spiro atoms. The molecule has 0 aliphatic heterocycles. The third-order valence-electron chi connectivity index (χ3n) is 3.69. The number of phenolic OH excluding ortho intramolecular Hbond substituents is 1. The van der Waals surface area contributed by atoms with E-state index in [4.69, 9.17) is 0 Å². The highest BCUT2D eigenvalue weighted by Gasteiger charge is 2.11. The highest BCUT2D eigenvalue weighted by Crippen LogP contribution is 2.29. The van der Waals surface area contributed by atoms with E-state index in [-0.39, 0.29) is 17.0 Å². The number of pyridine rings is 1. The molecule has 0 radical (unpaired) electrons. The molecular formula is C16H11N5O4. The van der Waals surface area contributed by atoms with Crippen molar-refractivity contribution in [1.82, 2.24) is 19.4 Å². The van der Waals surface area contributed by atoms with Crippen molar-refractivity contribution in [2.75, 3.05) is 0 Å². The number of aromatic amines is 2. The molecule has 0 aliphatic rings. The average molecular weight is 337 g/mol. The van der Waals surface area contributed by atoms with Crippen molar-refractivity contribution in [3.63, 3.8) is 0 Å². The Labute approximate surface area is 138 Å². The Kier molecular flexibility index (Phi) is 3.14. The Balaban J connectivity index is 1.85. The topological polar surface area (TPSA) is 136 Å². The van der Waals surface area contributed by atoms with E-state index in [1.54, 1.807) is 18.2 Å². The highest BCUT2D eigenvalue weighted by molar-refractivity contribution is 5.88. The van der Waals surface area contributed by atoms with Gasteiger partial charge in [0.15, 0.2) is 0 Å². The fraction of sp³-hybridized carbons (Fsp3) is 0. The summed E-state index contributed by atoms with van der Waals surface area (Å²) in [7, 11) is 0. The van der Waals surface area contributed by atoms with Gasteiger partial charge >= 0.3 is 5.69 Å². The second-order valence-corrected chi connectivity index (χ2v) is 5.31. The molecule has 0 aliphatic carbocycles. The van der Waals surface area contributed by atoms with Gasteiger partial charge in [0, 0.05) is 18.5 Å². The normalized spacial score (nSPS) is 11.7. The second kappa shape index (κ2) is 5.34. The minimum absolute atomic E-state index is 0.120. The van der Waals surface area contributed by atoms with Gasteiger partial charge in [-0.1, -0.05) is 6.07 Å². The molecule has 124 valence electrons. The summed E-state index contributed by atoms with van der Waals surface area (Å²) < 4.78 is 1.27. The number of hydrogen-bond donors (Lipinski definition) is 4. The lowest BCUT2D eigenvalue weighted by Gasteiger charge is -2.03. The minimum Gasteiger partial charge on any atom is -0.506 e. The van der Waals surface area contributed by atoms with Crippen molar-refractivity contribution >= 4 is 28.6 Å². The van der Waals surface area contributed by atoms with Crippen LogP contribution in [0.2, 0.25) is 0 Å². The zero-order chi connectivity index (χ0) is 17.6. The molecule has 0 saturated heterocycles. The van der Waals surface area contributed by atoms with Crippen LogP contribution in [0.3, 0.4) is 0 Å². The van der Waals surface area contributed by atoms with Gasteiger partial charge < -0.3 is 20.2 Å². The van der Waals surface area contributed by atoms with Gasteiger partial charge in [0.2, 0.25) is 5.88 Å². The number of phenols is 1. The molecule has 0 amide bonds. The number of hydrogen-bond acceptors (Lipinski definition) is 6. The number of benzene rings is 1. The first-order valence-electron chi connectivity index (χ1n) is 7.22. The molecule has 3 heterocycles. The predicted octanol–water partition coefficient (Wildman–Crippen LogP) is 1.03. The maximum Gasteiger partial charge on any atom is 0.323 e. The SMILES string of the molecule is O=c1[nH]c2cc(O)c(N=Cc3c(O)nc4ccccn4c3=O)cc2[nH]1. The van der Waals surface area contributed by atoms with Gasteiger partial charge in [0.1, 0.15) is 22.6 Å². The maximum absolute atomic E-state index is 12.4. The van der Waals surface area contributed by atoms with Crippen molar-refractivity contribution < 1.29 is 10.2 Å². The average Bonchev–Trinajstić information content (AvgIpc) is 2.93. The number of aromatic nitrogens is 4. The summed E-state index contributed by atoms with van der Waals surface area (Å²) in [5.74, 6) is -0.650. The fourth-order valence-corrected chi connectivity index (χ4v) is 2.50. The summed E-state index contributed by atoms with van der Waals surface area (Å²) in [6.07, 6.45) is 2.64. The third kappa shape index (κ3) is 2.43. The number of aromatic hydroxyl groups is 2. The number of imidazole rings is 1. The quantitative estimate of drug-likeness (QED) is 0.405. The lowest BCUT2D eigenvalue weighted by Crippen LogP contribution is -2.19. The largest absolute Gasteiger partial charge is 0.506 e. The Bertz CT molecular complexity index is 1270. The lowest BCUT2D eigenvalue weighted by molar-refractivity contribution is 0.452. The first-order valence-corrected chi connectivity index (χ1v) is 7.22. The summed E-state index contributed by atoms with van der Waals surface area (Å²) in [6, 6.07) is 7.73. The Morgan fingerprint density at radius 2 is 1.88 bits per heavy atom. The van der Waals surface area contributed by atoms with Crippen LogP contribution in [0.25, 0.3) is 16.7 Å². The minimum atomic E-state index is -0.498. The van der Waals surface area contributed by atoms with Crippen LogP contribution in [0.4, 0.5) is 5.69 Å². The molecule has 0 bridgehead atoms. The van der Waals surface area contributed by atoms with Crippen molar-refractivity contribution in [3.8, 4) is 11.6 Å². The summed E-state index contributed by atoms with van der Waals surface area (Å²) >= 11 is 0. The molecule has 0 saturated carbocycles. The van der Waals surface area contributed by atoms with Crippen molar-refractivity contribution in [2.24, 2.45) is 4.99 Å². The number of H-pyrrole nitrogens is 2. The van der Waals surface area contributed by atoms with Gasteiger partial charge in [-0.15, -0.1) is 0 Å². The number of aliphatic imine (C=N–C) groups is 1. The van der Waals surface area contributed by atoms with Crippen molar-refractivity contribution in [1.29, 1.82) is 0 Å². The van der Waals surface area contributed by atoms with E-state index >= 15 is 0 Å². The van der Waals surface area contributed by atoms with Crippen LogP contribution in [0.5, 0.6) is 11.6 Å². The molecule has 4 rings (SSSR count). The van der Waals surface area contributed by atoms with Gasteiger partial charge in [-0.05, 0) is 18.2 Å². The third-order valence-corrected chi connectivity index (χ3v) is 3.69. The molecule has 0 unspecified atom stereocenters. The van der Waals surface area contributed by atoms with E-state index in [0.717, 1.165) is 6.21 Å². The Hall–Kier alpha value is -3.88. The van der Waals surface area contributed by atoms with Gasteiger partial charge in [0.05, 0.1) is 11.0 Å². The lowest BCUT2D eigenvalue weighted by atomic mass is 10.2. The van der Waals surface area contributed by atoms with Crippen LogP contribution in [0, 0.1) is 0 Å². The van der Waals surface area contributed by atoms with E-state index in [1.807, 2.05) is 0 Å². The monoisotopic (exact) mass is 337 g/mol. The summed E-state index contributed by atoms with van der Waals surface area (Å²) in [6.45, 7) is 0. The summed E-state index contributed by atoms with van der Waals surface area (Å²) in [5, 5.41) is 20.0. The number of rotatable bonds is 2. The molecule has 1 aromatic carbocycles. The molecular weight excluding hydrogens is 326 g/mol. The maximum atomic E-state index is 12.4. The molecule has 9 heteroatoms. The van der Waals surface area contributed by atoms with Crippen molar-refractivity contribution in [2.45, 2.75) is 0 Å².